The van der Waals surface area contributed by atoms with Gasteiger partial charge >= 0.3 is 0 Å². The molecule has 0 aromatic heterocycles. The Labute approximate surface area is 114 Å². The normalized spacial score (nSPS) is 15.9. The van der Waals surface area contributed by atoms with Gasteiger partial charge in [0.1, 0.15) is 5.82 Å². The molecule has 0 radical (unpaired) electrons. The molecule has 1 fully saturated rings. The van der Waals surface area contributed by atoms with Gasteiger partial charge in [0.15, 0.2) is 0 Å². The van der Waals surface area contributed by atoms with Gasteiger partial charge in [-0.15, -0.1) is 0 Å². The van der Waals surface area contributed by atoms with Crippen LogP contribution in [-0.4, -0.2) is 29.7 Å². The Bertz CT molecular complexity index is 469. The number of halogens is 1. The predicted octanol–water partition coefficient (Wildman–Crippen LogP) is 2.55. The van der Waals surface area contributed by atoms with Crippen LogP contribution in [0.3, 0.4) is 0 Å². The molecule has 0 aliphatic carbocycles. The van der Waals surface area contributed by atoms with Gasteiger partial charge in [0, 0.05) is 24.1 Å². The summed E-state index contributed by atoms with van der Waals surface area (Å²) in [5.41, 5.74) is 1.42. The zero-order chi connectivity index (χ0) is 13.5. The van der Waals surface area contributed by atoms with Gasteiger partial charge in [0.05, 0.1) is 6.61 Å². The molecule has 1 aromatic rings. The molecule has 0 saturated carbocycles. The van der Waals surface area contributed by atoms with E-state index in [1.807, 2.05) is 12.1 Å². The van der Waals surface area contributed by atoms with Crippen LogP contribution in [-0.2, 0) is 6.54 Å². The average Bonchev–Trinajstić information content (AvgIpc) is 2.43. The highest BCUT2D eigenvalue weighted by Gasteiger charge is 2.12. The maximum absolute atomic E-state index is 14.0. The van der Waals surface area contributed by atoms with Crippen LogP contribution in [0.2, 0.25) is 0 Å². The zero-order valence-electron chi connectivity index (χ0n) is 11.2. The summed E-state index contributed by atoms with van der Waals surface area (Å²) in [5, 5.41) is 8.64. The third-order valence-corrected chi connectivity index (χ3v) is 3.37. The van der Waals surface area contributed by atoms with Crippen molar-refractivity contribution in [3.63, 3.8) is 0 Å². The van der Waals surface area contributed by atoms with Crippen molar-refractivity contribution in [2.45, 2.75) is 32.2 Å². The molecule has 1 heterocycles. The molecule has 0 bridgehead atoms. The van der Waals surface area contributed by atoms with Crippen molar-refractivity contribution in [2.24, 2.45) is 0 Å². The Kier molecular flexibility index (Phi) is 5.38. The molecule has 0 amide bonds. The number of aliphatic hydroxyl groups is 1. The SMILES string of the molecule is OCCC#Cc1ccc(CN2CCCCC2)c(F)c1. The van der Waals surface area contributed by atoms with Crippen molar-refractivity contribution >= 4 is 0 Å². The van der Waals surface area contributed by atoms with Gasteiger partial charge in [0.2, 0.25) is 0 Å². The fourth-order valence-corrected chi connectivity index (χ4v) is 2.33. The number of hydrogen-bond donors (Lipinski definition) is 1. The monoisotopic (exact) mass is 261 g/mol. The fraction of sp³-hybridized carbons (Fsp3) is 0.500. The lowest BCUT2D eigenvalue weighted by Crippen LogP contribution is -2.29. The van der Waals surface area contributed by atoms with Crippen LogP contribution in [0.25, 0.3) is 0 Å². The highest BCUT2D eigenvalue weighted by molar-refractivity contribution is 5.37. The summed E-state index contributed by atoms with van der Waals surface area (Å²) in [6.45, 7) is 2.87. The van der Waals surface area contributed by atoms with Crippen molar-refractivity contribution < 1.29 is 9.50 Å². The smallest absolute Gasteiger partial charge is 0.128 e. The zero-order valence-corrected chi connectivity index (χ0v) is 11.2. The molecule has 1 saturated heterocycles. The molecule has 0 spiro atoms. The number of piperidine rings is 1. The summed E-state index contributed by atoms with van der Waals surface area (Å²) in [4.78, 5) is 2.30. The van der Waals surface area contributed by atoms with Crippen molar-refractivity contribution in [1.29, 1.82) is 0 Å². The first-order valence-electron chi connectivity index (χ1n) is 6.90. The van der Waals surface area contributed by atoms with E-state index < -0.39 is 0 Å². The molecule has 19 heavy (non-hydrogen) atoms. The van der Waals surface area contributed by atoms with Gasteiger partial charge < -0.3 is 5.11 Å². The van der Waals surface area contributed by atoms with E-state index in [4.69, 9.17) is 5.11 Å². The van der Waals surface area contributed by atoms with E-state index >= 15 is 0 Å². The van der Waals surface area contributed by atoms with Gasteiger partial charge in [-0.1, -0.05) is 24.3 Å². The topological polar surface area (TPSA) is 23.5 Å². The molecule has 3 heteroatoms. The Morgan fingerprint density at radius 3 is 2.68 bits per heavy atom. The minimum absolute atomic E-state index is 0.0442. The van der Waals surface area contributed by atoms with E-state index in [1.54, 1.807) is 0 Å². The lowest BCUT2D eigenvalue weighted by atomic mass is 10.1. The lowest BCUT2D eigenvalue weighted by Gasteiger charge is -2.26. The Hall–Kier alpha value is -1.37. The van der Waals surface area contributed by atoms with Crippen LogP contribution in [0.1, 0.15) is 36.8 Å². The Morgan fingerprint density at radius 1 is 1.21 bits per heavy atom. The molecule has 0 atom stereocenters. The first-order valence-corrected chi connectivity index (χ1v) is 6.90. The standard InChI is InChI=1S/C16H20FNO/c17-16-12-14(6-2-5-11-19)7-8-15(16)13-18-9-3-1-4-10-18/h7-8,12,19H,1,3-5,9-11,13H2. The van der Waals surface area contributed by atoms with Crippen LogP contribution in [0, 0.1) is 17.7 Å². The Balaban J connectivity index is 2.00. The molecule has 102 valence electrons. The predicted molar refractivity (Wildman–Crippen MR) is 74.1 cm³/mol. The molecular formula is C16H20FNO. The molecule has 1 N–H and O–H groups in total. The lowest BCUT2D eigenvalue weighted by molar-refractivity contribution is 0.218. The third-order valence-electron chi connectivity index (χ3n) is 3.37. The molecule has 1 aliphatic heterocycles. The van der Waals surface area contributed by atoms with Crippen molar-refractivity contribution in [2.75, 3.05) is 19.7 Å². The van der Waals surface area contributed by atoms with Crippen LogP contribution >= 0.6 is 0 Å². The quantitative estimate of drug-likeness (QED) is 0.845. The second-order valence-electron chi connectivity index (χ2n) is 4.92. The number of rotatable bonds is 3. The second-order valence-corrected chi connectivity index (χ2v) is 4.92. The molecule has 1 aliphatic rings. The average molecular weight is 261 g/mol. The molecular weight excluding hydrogens is 241 g/mol. The van der Waals surface area contributed by atoms with Gasteiger partial charge in [0.25, 0.3) is 0 Å². The number of benzene rings is 1. The van der Waals surface area contributed by atoms with E-state index in [2.05, 4.69) is 16.7 Å². The summed E-state index contributed by atoms with van der Waals surface area (Å²) in [7, 11) is 0. The van der Waals surface area contributed by atoms with Crippen molar-refractivity contribution in [3.8, 4) is 11.8 Å². The maximum atomic E-state index is 14.0. The van der Waals surface area contributed by atoms with Gasteiger partial charge in [-0.2, -0.15) is 0 Å². The van der Waals surface area contributed by atoms with Crippen LogP contribution in [0.4, 0.5) is 4.39 Å². The highest BCUT2D eigenvalue weighted by atomic mass is 19.1. The van der Waals surface area contributed by atoms with E-state index in [1.165, 1.54) is 25.3 Å². The van der Waals surface area contributed by atoms with Crippen molar-refractivity contribution in [1.82, 2.24) is 4.90 Å². The summed E-state index contributed by atoms with van der Waals surface area (Å²) in [6.07, 6.45) is 4.15. The van der Waals surface area contributed by atoms with E-state index in [9.17, 15) is 4.39 Å². The van der Waals surface area contributed by atoms with Gasteiger partial charge in [-0.3, -0.25) is 4.90 Å². The van der Waals surface area contributed by atoms with Crippen LogP contribution < -0.4 is 0 Å². The second kappa shape index (κ2) is 7.28. The maximum Gasteiger partial charge on any atom is 0.128 e. The minimum Gasteiger partial charge on any atom is -0.395 e. The Morgan fingerprint density at radius 2 is 2.00 bits per heavy atom. The van der Waals surface area contributed by atoms with E-state index in [-0.39, 0.29) is 12.4 Å². The molecule has 0 unspecified atom stereocenters. The first kappa shape index (κ1) is 14.0. The van der Waals surface area contributed by atoms with Gasteiger partial charge in [-0.25, -0.2) is 4.39 Å². The van der Waals surface area contributed by atoms with Crippen LogP contribution in [0.15, 0.2) is 18.2 Å². The number of hydrogen-bond acceptors (Lipinski definition) is 2. The largest absolute Gasteiger partial charge is 0.395 e. The van der Waals surface area contributed by atoms with E-state index in [0.29, 0.717) is 18.5 Å². The van der Waals surface area contributed by atoms with E-state index in [0.717, 1.165) is 18.7 Å². The third kappa shape index (κ3) is 4.34. The summed E-state index contributed by atoms with van der Waals surface area (Å²) in [6, 6.07) is 5.17. The molecule has 2 nitrogen and oxygen atoms in total. The number of nitrogens with zero attached hydrogens (tertiary/aromatic N) is 1. The van der Waals surface area contributed by atoms with Crippen molar-refractivity contribution in [3.05, 3.63) is 35.1 Å². The number of aliphatic hydroxyl groups excluding tert-OH is 1. The highest BCUT2D eigenvalue weighted by Crippen LogP contribution is 2.16. The van der Waals surface area contributed by atoms with Gasteiger partial charge in [-0.05, 0) is 38.1 Å². The summed E-state index contributed by atoms with van der Waals surface area (Å²) < 4.78 is 14.0. The summed E-state index contributed by atoms with van der Waals surface area (Å²) >= 11 is 0. The fourth-order valence-electron chi connectivity index (χ4n) is 2.33. The first-order chi connectivity index (χ1) is 9.29. The molecule has 2 rings (SSSR count). The number of likely N-dealkylation sites (tertiary alicyclic amines) is 1. The minimum atomic E-state index is -0.179. The summed E-state index contributed by atoms with van der Waals surface area (Å²) in [5.74, 6) is 5.48. The molecule has 1 aromatic carbocycles. The van der Waals surface area contributed by atoms with Crippen LogP contribution in [0.5, 0.6) is 0 Å².